The Morgan fingerprint density at radius 1 is 1.00 bits per heavy atom. The van der Waals surface area contributed by atoms with E-state index < -0.39 is 11.9 Å². The summed E-state index contributed by atoms with van der Waals surface area (Å²) in [4.78, 5) is 22.5. The van der Waals surface area contributed by atoms with E-state index in [0.717, 1.165) is 6.26 Å². The zero-order valence-corrected chi connectivity index (χ0v) is 9.51. The van der Waals surface area contributed by atoms with E-state index in [2.05, 4.69) is 9.47 Å². The highest BCUT2D eigenvalue weighted by Gasteiger charge is 2.20. The van der Waals surface area contributed by atoms with Gasteiger partial charge in [-0.15, -0.1) is 0 Å². The lowest BCUT2D eigenvalue weighted by Crippen LogP contribution is -2.16. The minimum Gasteiger partial charge on any atom is -0.465 e. The van der Waals surface area contributed by atoms with Gasteiger partial charge in [0.2, 0.25) is 0 Å². The van der Waals surface area contributed by atoms with Gasteiger partial charge in [-0.1, -0.05) is 18.2 Å². The van der Waals surface area contributed by atoms with Crippen molar-refractivity contribution in [2.45, 2.75) is 0 Å². The van der Waals surface area contributed by atoms with Crippen molar-refractivity contribution < 1.29 is 23.8 Å². The summed E-state index contributed by atoms with van der Waals surface area (Å²) in [6.45, 7) is 0. The first kappa shape index (κ1) is 12.8. The highest BCUT2D eigenvalue weighted by Crippen LogP contribution is 2.10. The lowest BCUT2D eigenvalue weighted by molar-refractivity contribution is -0.144. The van der Waals surface area contributed by atoms with Gasteiger partial charge in [-0.3, -0.25) is 0 Å². The van der Waals surface area contributed by atoms with Gasteiger partial charge < -0.3 is 14.2 Å². The Labute approximate surface area is 98.6 Å². The summed E-state index contributed by atoms with van der Waals surface area (Å²) >= 11 is 0. The molecule has 1 aromatic carbocycles. The Kier molecular flexibility index (Phi) is 4.75. The molecule has 1 aromatic rings. The summed E-state index contributed by atoms with van der Waals surface area (Å²) in [6, 6.07) is 8.71. The molecule has 0 aliphatic heterocycles. The van der Waals surface area contributed by atoms with Crippen LogP contribution in [-0.2, 0) is 19.1 Å². The van der Waals surface area contributed by atoms with Crippen molar-refractivity contribution >= 4 is 11.9 Å². The van der Waals surface area contributed by atoms with E-state index in [-0.39, 0.29) is 5.57 Å². The average molecular weight is 236 g/mol. The molecule has 0 spiro atoms. The Morgan fingerprint density at radius 2 is 1.53 bits per heavy atom. The second-order valence-electron chi connectivity index (χ2n) is 2.95. The van der Waals surface area contributed by atoms with Crippen molar-refractivity contribution in [1.82, 2.24) is 0 Å². The molecule has 17 heavy (non-hydrogen) atoms. The minimum atomic E-state index is -0.812. The SMILES string of the molecule is COC(=O)C(=COc1ccccc1)C(=O)OC. The van der Waals surface area contributed by atoms with Gasteiger partial charge in [-0.2, -0.15) is 0 Å². The quantitative estimate of drug-likeness (QED) is 0.259. The lowest BCUT2D eigenvalue weighted by atomic mass is 10.3. The van der Waals surface area contributed by atoms with Crippen LogP contribution in [0.1, 0.15) is 0 Å². The van der Waals surface area contributed by atoms with Crippen molar-refractivity contribution in [3.05, 3.63) is 42.2 Å². The molecule has 0 unspecified atom stereocenters. The summed E-state index contributed by atoms with van der Waals surface area (Å²) in [6.07, 6.45) is 1.01. The van der Waals surface area contributed by atoms with Crippen molar-refractivity contribution in [3.63, 3.8) is 0 Å². The van der Waals surface area contributed by atoms with Crippen molar-refractivity contribution in [3.8, 4) is 5.75 Å². The number of hydrogen-bond acceptors (Lipinski definition) is 5. The molecule has 90 valence electrons. The van der Waals surface area contributed by atoms with Crippen LogP contribution in [0.4, 0.5) is 0 Å². The van der Waals surface area contributed by atoms with Gasteiger partial charge in [0.05, 0.1) is 14.2 Å². The third-order valence-corrected chi connectivity index (χ3v) is 1.87. The van der Waals surface area contributed by atoms with Crippen LogP contribution in [0.25, 0.3) is 0 Å². The molecule has 0 radical (unpaired) electrons. The molecule has 0 N–H and O–H groups in total. The Hall–Kier alpha value is -2.30. The van der Waals surface area contributed by atoms with E-state index in [1.165, 1.54) is 14.2 Å². The zero-order chi connectivity index (χ0) is 12.7. The predicted octanol–water partition coefficient (Wildman–Crippen LogP) is 1.30. The molecule has 5 heteroatoms. The van der Waals surface area contributed by atoms with Gasteiger partial charge in [-0.05, 0) is 12.1 Å². The molecule has 0 aromatic heterocycles. The van der Waals surface area contributed by atoms with Gasteiger partial charge in [-0.25, -0.2) is 9.59 Å². The number of methoxy groups -OCH3 is 2. The van der Waals surface area contributed by atoms with E-state index >= 15 is 0 Å². The number of carbonyl (C=O) groups is 2. The van der Waals surface area contributed by atoms with Crippen LogP contribution in [-0.4, -0.2) is 26.2 Å². The average Bonchev–Trinajstić information content (AvgIpc) is 2.39. The van der Waals surface area contributed by atoms with E-state index in [1.807, 2.05) is 6.07 Å². The Morgan fingerprint density at radius 3 is 2.00 bits per heavy atom. The number of carbonyl (C=O) groups excluding carboxylic acids is 2. The molecule has 0 saturated heterocycles. The molecule has 0 amide bonds. The van der Waals surface area contributed by atoms with Gasteiger partial charge in [0, 0.05) is 0 Å². The molecule has 5 nitrogen and oxygen atoms in total. The summed E-state index contributed by atoms with van der Waals surface area (Å²) in [5.41, 5.74) is -0.307. The molecule has 0 aliphatic carbocycles. The molecule has 0 bridgehead atoms. The molecule has 1 rings (SSSR count). The molecule has 0 aliphatic rings. The Balaban J connectivity index is 2.84. The lowest BCUT2D eigenvalue weighted by Gasteiger charge is -2.04. The smallest absolute Gasteiger partial charge is 0.348 e. The largest absolute Gasteiger partial charge is 0.465 e. The highest BCUT2D eigenvalue weighted by molar-refractivity contribution is 6.13. The monoisotopic (exact) mass is 236 g/mol. The van der Waals surface area contributed by atoms with Gasteiger partial charge >= 0.3 is 11.9 Å². The minimum absolute atomic E-state index is 0.307. The number of rotatable bonds is 4. The van der Waals surface area contributed by atoms with Crippen molar-refractivity contribution in [1.29, 1.82) is 0 Å². The number of para-hydroxylation sites is 1. The first-order valence-electron chi connectivity index (χ1n) is 4.77. The summed E-state index contributed by atoms with van der Waals surface area (Å²) in [5, 5.41) is 0. The van der Waals surface area contributed by atoms with E-state index in [4.69, 9.17) is 4.74 Å². The number of esters is 2. The second-order valence-corrected chi connectivity index (χ2v) is 2.95. The molecular weight excluding hydrogens is 224 g/mol. The predicted molar refractivity (Wildman–Crippen MR) is 59.2 cm³/mol. The maximum atomic E-state index is 11.3. The third-order valence-electron chi connectivity index (χ3n) is 1.87. The van der Waals surface area contributed by atoms with Crippen LogP contribution in [0.3, 0.4) is 0 Å². The molecule has 0 fully saturated rings. The fourth-order valence-electron chi connectivity index (χ4n) is 1.03. The topological polar surface area (TPSA) is 61.8 Å². The molecule has 0 heterocycles. The van der Waals surface area contributed by atoms with Crippen LogP contribution < -0.4 is 4.74 Å². The van der Waals surface area contributed by atoms with Crippen LogP contribution in [0.2, 0.25) is 0 Å². The molecular formula is C12H12O5. The van der Waals surface area contributed by atoms with Crippen LogP contribution in [0.5, 0.6) is 5.75 Å². The maximum absolute atomic E-state index is 11.3. The van der Waals surface area contributed by atoms with Crippen molar-refractivity contribution in [2.24, 2.45) is 0 Å². The van der Waals surface area contributed by atoms with Crippen LogP contribution >= 0.6 is 0 Å². The van der Waals surface area contributed by atoms with E-state index in [0.29, 0.717) is 5.75 Å². The van der Waals surface area contributed by atoms with Crippen molar-refractivity contribution in [2.75, 3.05) is 14.2 Å². The first-order valence-corrected chi connectivity index (χ1v) is 4.77. The summed E-state index contributed by atoms with van der Waals surface area (Å²) < 4.78 is 14.0. The molecule has 0 saturated carbocycles. The fraction of sp³-hybridized carbons (Fsp3) is 0.167. The standard InChI is InChI=1S/C12H12O5/c1-15-11(13)10(12(14)16-2)8-17-9-6-4-3-5-7-9/h3-8H,1-2H3. The zero-order valence-electron chi connectivity index (χ0n) is 9.51. The highest BCUT2D eigenvalue weighted by atomic mass is 16.5. The summed E-state index contributed by atoms with van der Waals surface area (Å²) in [5.74, 6) is -1.13. The van der Waals surface area contributed by atoms with E-state index in [9.17, 15) is 9.59 Å². The first-order chi connectivity index (χ1) is 8.19. The second kappa shape index (κ2) is 6.32. The van der Waals surface area contributed by atoms with Gasteiger partial charge in [0.15, 0.2) is 5.57 Å². The van der Waals surface area contributed by atoms with Gasteiger partial charge in [0.25, 0.3) is 0 Å². The van der Waals surface area contributed by atoms with Crippen LogP contribution in [0, 0.1) is 0 Å². The third kappa shape index (κ3) is 3.64. The Bertz CT molecular complexity index is 404. The normalized spacial score (nSPS) is 9.06. The van der Waals surface area contributed by atoms with E-state index in [1.54, 1.807) is 24.3 Å². The number of benzene rings is 1. The fourth-order valence-corrected chi connectivity index (χ4v) is 1.03. The maximum Gasteiger partial charge on any atom is 0.348 e. The number of ether oxygens (including phenoxy) is 3. The molecule has 0 atom stereocenters. The van der Waals surface area contributed by atoms with Crippen LogP contribution in [0.15, 0.2) is 42.2 Å². The number of hydrogen-bond donors (Lipinski definition) is 0. The van der Waals surface area contributed by atoms with Gasteiger partial charge in [0.1, 0.15) is 12.0 Å². The summed E-state index contributed by atoms with van der Waals surface area (Å²) in [7, 11) is 2.34.